The zero-order valence-corrected chi connectivity index (χ0v) is 13.1. The second-order valence-electron chi connectivity index (χ2n) is 6.20. The third kappa shape index (κ3) is 4.77. The van der Waals surface area contributed by atoms with Crippen LogP contribution < -0.4 is 5.32 Å². The van der Waals surface area contributed by atoms with Gasteiger partial charge in [0.15, 0.2) is 0 Å². The molecule has 0 amide bonds. The van der Waals surface area contributed by atoms with Crippen LogP contribution in [-0.2, 0) is 6.54 Å². The first-order chi connectivity index (χ1) is 9.65. The summed E-state index contributed by atoms with van der Waals surface area (Å²) in [7, 11) is 0. The smallest absolute Gasteiger partial charge is 0.0237 e. The summed E-state index contributed by atoms with van der Waals surface area (Å²) in [5.41, 5.74) is 2.86. The van der Waals surface area contributed by atoms with Gasteiger partial charge in [-0.25, -0.2) is 0 Å². The molecule has 1 aromatic rings. The van der Waals surface area contributed by atoms with Gasteiger partial charge >= 0.3 is 0 Å². The van der Waals surface area contributed by atoms with E-state index in [4.69, 9.17) is 0 Å². The highest BCUT2D eigenvalue weighted by Crippen LogP contribution is 2.17. The van der Waals surface area contributed by atoms with Crippen molar-refractivity contribution in [1.82, 2.24) is 10.2 Å². The predicted octanol–water partition coefficient (Wildman–Crippen LogP) is 3.55. The number of nitrogens with one attached hydrogen (secondary N) is 1. The Morgan fingerprint density at radius 3 is 2.45 bits per heavy atom. The van der Waals surface area contributed by atoms with Crippen LogP contribution in [0.5, 0.6) is 0 Å². The minimum atomic E-state index is 0.559. The van der Waals surface area contributed by atoms with Crippen molar-refractivity contribution < 1.29 is 0 Å². The first-order valence-electron chi connectivity index (χ1n) is 7.84. The molecule has 0 aromatic heterocycles. The van der Waals surface area contributed by atoms with E-state index in [9.17, 15) is 0 Å². The summed E-state index contributed by atoms with van der Waals surface area (Å²) in [6.45, 7) is 11.1. The van der Waals surface area contributed by atoms with Crippen LogP contribution in [0.3, 0.4) is 0 Å². The van der Waals surface area contributed by atoms with E-state index in [2.05, 4.69) is 67.4 Å². The zero-order valence-electron chi connectivity index (χ0n) is 13.1. The van der Waals surface area contributed by atoms with Gasteiger partial charge in [-0.15, -0.1) is 0 Å². The molecule has 1 unspecified atom stereocenters. The number of benzene rings is 1. The molecule has 1 atom stereocenters. The Hall–Kier alpha value is -1.12. The topological polar surface area (TPSA) is 15.3 Å². The molecule has 2 nitrogen and oxygen atoms in total. The van der Waals surface area contributed by atoms with Crippen molar-refractivity contribution in [3.05, 3.63) is 47.5 Å². The molecule has 0 spiro atoms. The van der Waals surface area contributed by atoms with Crippen LogP contribution >= 0.6 is 0 Å². The summed E-state index contributed by atoms with van der Waals surface area (Å²) >= 11 is 0. The highest BCUT2D eigenvalue weighted by Gasteiger charge is 2.09. The Morgan fingerprint density at radius 2 is 1.85 bits per heavy atom. The second-order valence-corrected chi connectivity index (χ2v) is 6.20. The van der Waals surface area contributed by atoms with Gasteiger partial charge in [0.1, 0.15) is 0 Å². The Kier molecular flexibility index (Phi) is 5.81. The fourth-order valence-electron chi connectivity index (χ4n) is 2.57. The largest absolute Gasteiger partial charge is 0.314 e. The van der Waals surface area contributed by atoms with Gasteiger partial charge in [0.25, 0.3) is 0 Å². The molecule has 0 saturated carbocycles. The average molecular weight is 272 g/mol. The highest BCUT2D eigenvalue weighted by atomic mass is 15.1. The van der Waals surface area contributed by atoms with Gasteiger partial charge in [-0.3, -0.25) is 4.90 Å². The lowest BCUT2D eigenvalue weighted by atomic mass is 9.99. The summed E-state index contributed by atoms with van der Waals surface area (Å²) in [6.07, 6.45) is 5.75. The maximum Gasteiger partial charge on any atom is 0.0237 e. The van der Waals surface area contributed by atoms with E-state index in [1.165, 1.54) is 24.1 Å². The average Bonchev–Trinajstić information content (AvgIpc) is 2.46. The van der Waals surface area contributed by atoms with Crippen molar-refractivity contribution in [2.24, 2.45) is 0 Å². The van der Waals surface area contributed by atoms with Gasteiger partial charge in [0.05, 0.1) is 0 Å². The predicted molar refractivity (Wildman–Crippen MR) is 87.0 cm³/mol. The molecular weight excluding hydrogens is 244 g/mol. The van der Waals surface area contributed by atoms with Gasteiger partial charge in [-0.05, 0) is 23.5 Å². The molecule has 0 saturated heterocycles. The normalized spacial score (nSPS) is 17.6. The Bertz CT molecular complexity index is 420. The Labute approximate surface area is 123 Å². The fraction of sp³-hybridized carbons (Fsp3) is 0.556. The number of rotatable bonds is 6. The van der Waals surface area contributed by atoms with Crippen molar-refractivity contribution in [1.29, 1.82) is 0 Å². The lowest BCUT2D eigenvalue weighted by molar-refractivity contribution is 0.290. The van der Waals surface area contributed by atoms with Crippen molar-refractivity contribution in [3.8, 4) is 0 Å². The monoisotopic (exact) mass is 272 g/mol. The summed E-state index contributed by atoms with van der Waals surface area (Å²) in [5.74, 6) is 0.573. The van der Waals surface area contributed by atoms with Crippen molar-refractivity contribution in [2.45, 2.75) is 45.7 Å². The third-order valence-electron chi connectivity index (χ3n) is 3.93. The second kappa shape index (κ2) is 7.61. The molecule has 2 rings (SSSR count). The van der Waals surface area contributed by atoms with E-state index in [0.29, 0.717) is 12.0 Å². The Morgan fingerprint density at radius 1 is 1.10 bits per heavy atom. The molecule has 0 aliphatic carbocycles. The van der Waals surface area contributed by atoms with Crippen LogP contribution in [0.1, 0.15) is 44.2 Å². The molecule has 0 radical (unpaired) electrons. The van der Waals surface area contributed by atoms with E-state index < -0.39 is 0 Å². The molecule has 1 aliphatic rings. The summed E-state index contributed by atoms with van der Waals surface area (Å²) in [5, 5.41) is 3.51. The van der Waals surface area contributed by atoms with Crippen LogP contribution in [0.4, 0.5) is 0 Å². The van der Waals surface area contributed by atoms with Gasteiger partial charge in [-0.2, -0.15) is 0 Å². The Balaban J connectivity index is 1.87. The van der Waals surface area contributed by atoms with Gasteiger partial charge in [0, 0.05) is 32.2 Å². The van der Waals surface area contributed by atoms with Crippen molar-refractivity contribution in [2.75, 3.05) is 19.6 Å². The summed E-state index contributed by atoms with van der Waals surface area (Å²) in [6, 6.07) is 9.73. The molecule has 2 heteroatoms. The first kappa shape index (κ1) is 15.3. The van der Waals surface area contributed by atoms with Gasteiger partial charge < -0.3 is 5.32 Å². The molecule has 20 heavy (non-hydrogen) atoms. The first-order valence-corrected chi connectivity index (χ1v) is 7.84. The molecule has 110 valence electrons. The minimum absolute atomic E-state index is 0.559. The number of hydrogen-bond donors (Lipinski definition) is 1. The quantitative estimate of drug-likeness (QED) is 0.797. The van der Waals surface area contributed by atoms with E-state index in [0.717, 1.165) is 19.6 Å². The molecule has 0 fully saturated rings. The van der Waals surface area contributed by atoms with Crippen LogP contribution in [0.2, 0.25) is 0 Å². The maximum absolute atomic E-state index is 3.51. The molecular formula is C18H28N2. The van der Waals surface area contributed by atoms with E-state index in [-0.39, 0.29) is 0 Å². The van der Waals surface area contributed by atoms with Crippen LogP contribution in [-0.4, -0.2) is 30.6 Å². The van der Waals surface area contributed by atoms with Gasteiger partial charge in [-0.1, -0.05) is 57.2 Å². The number of nitrogens with zero attached hydrogens (tertiary/aromatic N) is 1. The van der Waals surface area contributed by atoms with Crippen LogP contribution in [0.25, 0.3) is 0 Å². The fourth-order valence-corrected chi connectivity index (χ4v) is 2.57. The molecule has 1 aromatic carbocycles. The van der Waals surface area contributed by atoms with Crippen LogP contribution in [0.15, 0.2) is 36.4 Å². The molecule has 1 heterocycles. The standard InChI is InChI=1S/C18H28N2/c1-15(2)19-13-16(3)18-9-7-17(8-10-18)14-20-11-5-4-6-12-20/h4-5,7-10,15-16,19H,6,11-14H2,1-3H3. The molecule has 1 N–H and O–H groups in total. The zero-order chi connectivity index (χ0) is 14.4. The lowest BCUT2D eigenvalue weighted by Crippen LogP contribution is -2.27. The summed E-state index contributed by atoms with van der Waals surface area (Å²) < 4.78 is 0. The summed E-state index contributed by atoms with van der Waals surface area (Å²) in [4.78, 5) is 2.50. The van der Waals surface area contributed by atoms with Crippen molar-refractivity contribution in [3.63, 3.8) is 0 Å². The molecule has 0 bridgehead atoms. The van der Waals surface area contributed by atoms with E-state index in [1.807, 2.05) is 0 Å². The lowest BCUT2D eigenvalue weighted by Gasteiger charge is -2.23. The van der Waals surface area contributed by atoms with Gasteiger partial charge in [0.2, 0.25) is 0 Å². The molecule has 1 aliphatic heterocycles. The number of hydrogen-bond acceptors (Lipinski definition) is 2. The van der Waals surface area contributed by atoms with Crippen molar-refractivity contribution >= 4 is 0 Å². The highest BCUT2D eigenvalue weighted by molar-refractivity contribution is 5.25. The third-order valence-corrected chi connectivity index (χ3v) is 3.93. The maximum atomic E-state index is 3.51. The van der Waals surface area contributed by atoms with E-state index >= 15 is 0 Å². The SMILES string of the molecule is CC(C)NCC(C)c1ccc(CN2CC=CCC2)cc1. The van der Waals surface area contributed by atoms with Crippen LogP contribution in [0, 0.1) is 0 Å². The minimum Gasteiger partial charge on any atom is -0.314 e. The van der Waals surface area contributed by atoms with E-state index in [1.54, 1.807) is 0 Å².